The molecule has 0 saturated heterocycles. The topological polar surface area (TPSA) is 81.9 Å². The summed E-state index contributed by atoms with van der Waals surface area (Å²) in [6, 6.07) is -0.732. The highest BCUT2D eigenvalue weighted by Crippen LogP contribution is 2.00. The molecule has 0 radical (unpaired) electrons. The van der Waals surface area contributed by atoms with Crippen molar-refractivity contribution in [2.24, 2.45) is 5.73 Å². The molecule has 0 unspecified atom stereocenters. The van der Waals surface area contributed by atoms with E-state index in [1.165, 1.54) is 7.11 Å². The third-order valence-corrected chi connectivity index (χ3v) is 2.37. The highest BCUT2D eigenvalue weighted by atomic mass is 16.5. The predicted molar refractivity (Wildman–Crippen MR) is 63.4 cm³/mol. The number of nitrogens with two attached hydrogens (primary N) is 1. The zero-order chi connectivity index (χ0) is 13.3. The maximum atomic E-state index is 11.6. The van der Waals surface area contributed by atoms with Gasteiger partial charge in [0.05, 0.1) is 13.7 Å². The van der Waals surface area contributed by atoms with Gasteiger partial charge in [0.1, 0.15) is 6.04 Å². The minimum atomic E-state index is -0.732. The molecule has 0 rings (SSSR count). The predicted octanol–water partition coefficient (Wildman–Crippen LogP) is -0.238. The van der Waals surface area contributed by atoms with Crippen LogP contribution in [0.1, 0.15) is 19.8 Å². The fraction of sp³-hybridized carbons (Fsp3) is 0.818. The third-order valence-electron chi connectivity index (χ3n) is 2.37. The van der Waals surface area contributed by atoms with Crippen molar-refractivity contribution in [3.63, 3.8) is 0 Å². The van der Waals surface area contributed by atoms with Gasteiger partial charge in [0.2, 0.25) is 5.91 Å². The van der Waals surface area contributed by atoms with Gasteiger partial charge in [-0.2, -0.15) is 0 Å². The first kappa shape index (κ1) is 15.9. The van der Waals surface area contributed by atoms with Crippen molar-refractivity contribution in [1.82, 2.24) is 4.90 Å². The number of rotatable bonds is 8. The van der Waals surface area contributed by atoms with Gasteiger partial charge < -0.3 is 20.1 Å². The number of nitrogens with zero attached hydrogens (tertiary/aromatic N) is 1. The van der Waals surface area contributed by atoms with E-state index in [1.807, 2.05) is 6.92 Å². The zero-order valence-corrected chi connectivity index (χ0v) is 10.8. The Morgan fingerprint density at radius 3 is 2.59 bits per heavy atom. The largest absolute Gasteiger partial charge is 0.468 e. The first-order chi connectivity index (χ1) is 8.02. The fourth-order valence-electron chi connectivity index (χ4n) is 1.21. The summed E-state index contributed by atoms with van der Waals surface area (Å²) in [5, 5.41) is 0. The standard InChI is InChI=1S/C11H22N2O4/c1-4-17-8-7-13(2)10(14)6-5-9(12)11(15)16-3/h9H,4-8,12H2,1-3H3/t9-/m0/s1. The summed E-state index contributed by atoms with van der Waals surface area (Å²) in [4.78, 5) is 24.2. The number of carbonyl (C=O) groups is 2. The van der Waals surface area contributed by atoms with Crippen LogP contribution in [0.5, 0.6) is 0 Å². The molecule has 0 aromatic carbocycles. The second-order valence-corrected chi connectivity index (χ2v) is 3.68. The monoisotopic (exact) mass is 246 g/mol. The first-order valence-corrected chi connectivity index (χ1v) is 5.68. The number of carbonyl (C=O) groups excluding carboxylic acids is 2. The number of amides is 1. The van der Waals surface area contributed by atoms with Crippen molar-refractivity contribution in [3.8, 4) is 0 Å². The lowest BCUT2D eigenvalue weighted by Crippen LogP contribution is -2.35. The number of methoxy groups -OCH3 is 1. The summed E-state index contributed by atoms with van der Waals surface area (Å²) >= 11 is 0. The van der Waals surface area contributed by atoms with Crippen LogP contribution in [0.25, 0.3) is 0 Å². The van der Waals surface area contributed by atoms with Crippen molar-refractivity contribution in [2.45, 2.75) is 25.8 Å². The Bertz CT molecular complexity index is 246. The van der Waals surface area contributed by atoms with Crippen LogP contribution in [0.2, 0.25) is 0 Å². The van der Waals surface area contributed by atoms with E-state index < -0.39 is 12.0 Å². The summed E-state index contributed by atoms with van der Waals surface area (Å²) in [6.07, 6.45) is 0.531. The summed E-state index contributed by atoms with van der Waals surface area (Å²) in [6.45, 7) is 3.59. The number of esters is 1. The molecule has 0 saturated carbocycles. The molecule has 6 nitrogen and oxygen atoms in total. The van der Waals surface area contributed by atoms with Crippen molar-refractivity contribution in [3.05, 3.63) is 0 Å². The van der Waals surface area contributed by atoms with E-state index in [-0.39, 0.29) is 12.3 Å². The minimum Gasteiger partial charge on any atom is -0.468 e. The average molecular weight is 246 g/mol. The molecule has 0 aromatic rings. The molecule has 0 heterocycles. The van der Waals surface area contributed by atoms with E-state index in [9.17, 15) is 9.59 Å². The van der Waals surface area contributed by atoms with Crippen LogP contribution in [0, 0.1) is 0 Å². The van der Waals surface area contributed by atoms with Gasteiger partial charge in [0.25, 0.3) is 0 Å². The van der Waals surface area contributed by atoms with E-state index >= 15 is 0 Å². The second kappa shape index (κ2) is 8.95. The van der Waals surface area contributed by atoms with Crippen LogP contribution in [-0.2, 0) is 19.1 Å². The Kier molecular flexibility index (Phi) is 8.35. The first-order valence-electron chi connectivity index (χ1n) is 5.68. The van der Waals surface area contributed by atoms with Gasteiger partial charge in [-0.05, 0) is 13.3 Å². The van der Waals surface area contributed by atoms with Crippen LogP contribution in [0.15, 0.2) is 0 Å². The molecule has 0 aliphatic rings. The lowest BCUT2D eigenvalue weighted by Gasteiger charge is -2.17. The highest BCUT2D eigenvalue weighted by Gasteiger charge is 2.16. The average Bonchev–Trinajstić information content (AvgIpc) is 2.34. The van der Waals surface area contributed by atoms with E-state index in [1.54, 1.807) is 11.9 Å². The van der Waals surface area contributed by atoms with Crippen LogP contribution in [0.4, 0.5) is 0 Å². The maximum absolute atomic E-state index is 11.6. The number of ether oxygens (including phenoxy) is 2. The molecule has 0 spiro atoms. The Morgan fingerprint density at radius 2 is 2.06 bits per heavy atom. The SMILES string of the molecule is CCOCCN(C)C(=O)CC[C@H](N)C(=O)OC. The summed E-state index contributed by atoms with van der Waals surface area (Å²) in [7, 11) is 2.98. The van der Waals surface area contributed by atoms with Crippen LogP contribution in [0.3, 0.4) is 0 Å². The van der Waals surface area contributed by atoms with Crippen LogP contribution in [-0.4, -0.2) is 56.7 Å². The van der Waals surface area contributed by atoms with Gasteiger partial charge in [0, 0.05) is 26.6 Å². The summed E-state index contributed by atoms with van der Waals surface area (Å²) < 4.78 is 9.62. The maximum Gasteiger partial charge on any atom is 0.322 e. The van der Waals surface area contributed by atoms with E-state index in [0.29, 0.717) is 26.2 Å². The van der Waals surface area contributed by atoms with Gasteiger partial charge in [-0.15, -0.1) is 0 Å². The van der Waals surface area contributed by atoms with Crippen molar-refractivity contribution in [1.29, 1.82) is 0 Å². The van der Waals surface area contributed by atoms with Crippen LogP contribution < -0.4 is 5.73 Å². The Labute approximate surface area is 102 Å². The highest BCUT2D eigenvalue weighted by molar-refractivity contribution is 5.79. The molecular weight excluding hydrogens is 224 g/mol. The second-order valence-electron chi connectivity index (χ2n) is 3.68. The Balaban J connectivity index is 3.80. The molecule has 2 N–H and O–H groups in total. The van der Waals surface area contributed by atoms with Crippen molar-refractivity contribution in [2.75, 3.05) is 33.9 Å². The molecular formula is C11H22N2O4. The normalized spacial score (nSPS) is 12.0. The van der Waals surface area contributed by atoms with Gasteiger partial charge in [0.15, 0.2) is 0 Å². The molecule has 0 aliphatic carbocycles. The molecule has 17 heavy (non-hydrogen) atoms. The molecule has 1 amide bonds. The molecule has 100 valence electrons. The number of likely N-dealkylation sites (N-methyl/N-ethyl adjacent to an activating group) is 1. The van der Waals surface area contributed by atoms with Gasteiger partial charge in [-0.1, -0.05) is 0 Å². The lowest BCUT2D eigenvalue weighted by molar-refractivity contribution is -0.142. The quantitative estimate of drug-likeness (QED) is 0.472. The minimum absolute atomic E-state index is 0.0518. The van der Waals surface area contributed by atoms with Gasteiger partial charge in [-0.25, -0.2) is 0 Å². The van der Waals surface area contributed by atoms with E-state index in [4.69, 9.17) is 10.5 Å². The lowest BCUT2D eigenvalue weighted by atomic mass is 10.1. The van der Waals surface area contributed by atoms with Crippen LogP contribution >= 0.6 is 0 Å². The smallest absolute Gasteiger partial charge is 0.322 e. The molecule has 6 heteroatoms. The number of hydrogen-bond donors (Lipinski definition) is 1. The number of hydrogen-bond acceptors (Lipinski definition) is 5. The molecule has 0 fully saturated rings. The fourth-order valence-corrected chi connectivity index (χ4v) is 1.21. The zero-order valence-electron chi connectivity index (χ0n) is 10.8. The Morgan fingerprint density at radius 1 is 1.41 bits per heavy atom. The molecule has 0 aromatic heterocycles. The van der Waals surface area contributed by atoms with Crippen molar-refractivity contribution >= 4 is 11.9 Å². The van der Waals surface area contributed by atoms with E-state index in [0.717, 1.165) is 0 Å². The molecule has 0 bridgehead atoms. The summed E-state index contributed by atoms with van der Waals surface area (Å²) in [5.41, 5.74) is 5.53. The van der Waals surface area contributed by atoms with E-state index in [2.05, 4.69) is 4.74 Å². The molecule has 0 aliphatic heterocycles. The third kappa shape index (κ3) is 6.91. The van der Waals surface area contributed by atoms with Crippen molar-refractivity contribution < 1.29 is 19.1 Å². The Hall–Kier alpha value is -1.14. The summed E-state index contributed by atoms with van der Waals surface area (Å²) in [5.74, 6) is -0.543. The molecule has 1 atom stereocenters. The van der Waals surface area contributed by atoms with Gasteiger partial charge in [-0.3, -0.25) is 9.59 Å². The van der Waals surface area contributed by atoms with Gasteiger partial charge >= 0.3 is 5.97 Å².